The molecule has 0 amide bonds. The maximum absolute atomic E-state index is 11.2. The van der Waals surface area contributed by atoms with E-state index in [1.807, 2.05) is 6.26 Å². The van der Waals surface area contributed by atoms with Crippen molar-refractivity contribution in [3.8, 4) is 0 Å². The van der Waals surface area contributed by atoms with Crippen molar-refractivity contribution in [1.29, 1.82) is 0 Å². The fourth-order valence-corrected chi connectivity index (χ4v) is 2.23. The summed E-state index contributed by atoms with van der Waals surface area (Å²) in [5, 5.41) is 0.673. The molecule has 0 N–H and O–H groups in total. The highest BCUT2D eigenvalue weighted by Crippen LogP contribution is 2.17. The van der Waals surface area contributed by atoms with E-state index in [0.29, 0.717) is 5.02 Å². The normalized spacial score (nSPS) is 12.9. The maximum Gasteiger partial charge on any atom is 0.112 e. The van der Waals surface area contributed by atoms with Crippen LogP contribution in [0, 0.1) is 0 Å². The van der Waals surface area contributed by atoms with Gasteiger partial charge in [0.2, 0.25) is 0 Å². The fourth-order valence-electron chi connectivity index (χ4n) is 0.642. The molecule has 4 heteroatoms. The highest BCUT2D eigenvalue weighted by Gasteiger charge is 1.99. The Labute approximate surface area is 77.0 Å². The van der Waals surface area contributed by atoms with Crippen LogP contribution in [0.4, 0.5) is 0 Å². The summed E-state index contributed by atoms with van der Waals surface area (Å²) >= 11 is 5.65. The van der Waals surface area contributed by atoms with Gasteiger partial charge in [0.05, 0.1) is 0 Å². The molecule has 0 spiro atoms. The molecule has 0 aliphatic rings. The molecule has 1 aromatic carbocycles. The number of benzene rings is 1. The summed E-state index contributed by atoms with van der Waals surface area (Å²) in [6.07, 6.45) is 1.81. The largest absolute Gasteiger partial charge is 0.243 e. The standard InChI is InChI=1S/C7H7ClOS2/c1-10-11(9)7-4-2-6(8)3-5-7/h2-5H,1H3. The predicted molar refractivity (Wildman–Crippen MR) is 51.4 cm³/mol. The van der Waals surface area contributed by atoms with Crippen LogP contribution in [0.25, 0.3) is 0 Å². The van der Waals surface area contributed by atoms with Crippen molar-refractivity contribution in [3.63, 3.8) is 0 Å². The Hall–Kier alpha value is 0.01000. The topological polar surface area (TPSA) is 17.1 Å². The zero-order valence-electron chi connectivity index (χ0n) is 5.91. The van der Waals surface area contributed by atoms with Crippen LogP contribution in [-0.4, -0.2) is 10.5 Å². The summed E-state index contributed by atoms with van der Waals surface area (Å²) in [4.78, 5) is 0.807. The van der Waals surface area contributed by atoms with Crippen molar-refractivity contribution in [1.82, 2.24) is 0 Å². The van der Waals surface area contributed by atoms with Gasteiger partial charge in [-0.25, -0.2) is 4.21 Å². The molecule has 0 saturated heterocycles. The van der Waals surface area contributed by atoms with Gasteiger partial charge in [0, 0.05) is 9.92 Å². The van der Waals surface area contributed by atoms with Crippen LogP contribution in [0.5, 0.6) is 0 Å². The first-order valence-electron chi connectivity index (χ1n) is 2.96. The van der Waals surface area contributed by atoms with Gasteiger partial charge < -0.3 is 0 Å². The van der Waals surface area contributed by atoms with Gasteiger partial charge in [-0.1, -0.05) is 22.4 Å². The second kappa shape index (κ2) is 4.14. The maximum atomic E-state index is 11.2. The van der Waals surface area contributed by atoms with Gasteiger partial charge in [0.25, 0.3) is 0 Å². The number of hydrogen-bond acceptors (Lipinski definition) is 2. The molecule has 1 nitrogen and oxygen atoms in total. The van der Waals surface area contributed by atoms with Crippen molar-refractivity contribution < 1.29 is 4.21 Å². The van der Waals surface area contributed by atoms with E-state index in [4.69, 9.17) is 11.6 Å². The smallest absolute Gasteiger partial charge is 0.112 e. The highest BCUT2D eigenvalue weighted by atomic mass is 35.5. The van der Waals surface area contributed by atoms with Crippen molar-refractivity contribution in [2.75, 3.05) is 6.26 Å². The van der Waals surface area contributed by atoms with E-state index >= 15 is 0 Å². The van der Waals surface area contributed by atoms with Gasteiger partial charge in [0.1, 0.15) is 9.83 Å². The molecule has 0 radical (unpaired) electrons. The summed E-state index contributed by atoms with van der Waals surface area (Å²) in [5.74, 6) is 0. The average molecular weight is 207 g/mol. The minimum absolute atomic E-state index is 0.673. The molecule has 0 aromatic heterocycles. The van der Waals surface area contributed by atoms with Crippen LogP contribution in [0.2, 0.25) is 5.02 Å². The Bertz CT molecular complexity index is 258. The van der Waals surface area contributed by atoms with Crippen LogP contribution >= 0.6 is 22.4 Å². The lowest BCUT2D eigenvalue weighted by Crippen LogP contribution is -1.82. The van der Waals surface area contributed by atoms with Crippen LogP contribution < -0.4 is 0 Å². The van der Waals surface area contributed by atoms with Gasteiger partial charge in [-0.3, -0.25) is 0 Å². The molecule has 0 saturated carbocycles. The quantitative estimate of drug-likeness (QED) is 0.693. The lowest BCUT2D eigenvalue weighted by molar-refractivity contribution is 0.691. The minimum atomic E-state index is -0.941. The van der Waals surface area contributed by atoms with E-state index in [0.717, 1.165) is 4.90 Å². The molecule has 1 aromatic rings. The highest BCUT2D eigenvalue weighted by molar-refractivity contribution is 8.68. The SMILES string of the molecule is CSS(=O)c1ccc(Cl)cc1. The third-order valence-electron chi connectivity index (χ3n) is 1.16. The zero-order chi connectivity index (χ0) is 8.27. The molecule has 0 aliphatic carbocycles. The van der Waals surface area contributed by atoms with Crippen molar-refractivity contribution in [2.24, 2.45) is 0 Å². The van der Waals surface area contributed by atoms with Crippen molar-refractivity contribution in [2.45, 2.75) is 4.90 Å². The van der Waals surface area contributed by atoms with E-state index in [9.17, 15) is 4.21 Å². The fraction of sp³-hybridized carbons (Fsp3) is 0.143. The first-order valence-corrected chi connectivity index (χ1v) is 6.23. The molecular weight excluding hydrogens is 200 g/mol. The molecular formula is C7H7ClOS2. The second-order valence-corrected chi connectivity index (χ2v) is 5.47. The Morgan fingerprint density at radius 1 is 1.36 bits per heavy atom. The molecule has 0 fully saturated rings. The predicted octanol–water partition coefficient (Wildman–Crippen LogP) is 2.73. The summed E-state index contributed by atoms with van der Waals surface area (Å²) in [5.41, 5.74) is 0. The van der Waals surface area contributed by atoms with E-state index in [2.05, 4.69) is 0 Å². The molecule has 1 atom stereocenters. The molecule has 0 heterocycles. The van der Waals surface area contributed by atoms with Crippen LogP contribution in [0.1, 0.15) is 0 Å². The van der Waals surface area contributed by atoms with E-state index in [1.54, 1.807) is 24.3 Å². The third-order valence-corrected chi connectivity index (χ3v) is 3.85. The van der Waals surface area contributed by atoms with E-state index in [1.165, 1.54) is 10.8 Å². The lowest BCUT2D eigenvalue weighted by Gasteiger charge is -1.96. The average Bonchev–Trinajstić information content (AvgIpc) is 2.05. The monoisotopic (exact) mass is 206 g/mol. The van der Waals surface area contributed by atoms with E-state index in [-0.39, 0.29) is 0 Å². The lowest BCUT2D eigenvalue weighted by atomic mass is 10.4. The second-order valence-electron chi connectivity index (χ2n) is 1.86. The van der Waals surface area contributed by atoms with Gasteiger partial charge in [-0.2, -0.15) is 0 Å². The Balaban J connectivity index is 2.90. The summed E-state index contributed by atoms with van der Waals surface area (Å²) in [7, 11) is 0.372. The third kappa shape index (κ3) is 2.51. The Kier molecular flexibility index (Phi) is 3.43. The van der Waals surface area contributed by atoms with Crippen LogP contribution in [0.15, 0.2) is 29.2 Å². The summed E-state index contributed by atoms with van der Waals surface area (Å²) < 4.78 is 11.2. The molecule has 1 unspecified atom stereocenters. The van der Waals surface area contributed by atoms with Crippen molar-refractivity contribution >= 4 is 32.2 Å². The number of halogens is 1. The molecule has 0 aliphatic heterocycles. The van der Waals surface area contributed by atoms with E-state index < -0.39 is 9.83 Å². The summed E-state index contributed by atoms with van der Waals surface area (Å²) in [6, 6.07) is 7.03. The molecule has 1 rings (SSSR count). The van der Waals surface area contributed by atoms with Crippen LogP contribution in [-0.2, 0) is 9.83 Å². The first-order chi connectivity index (χ1) is 5.24. The molecule has 11 heavy (non-hydrogen) atoms. The van der Waals surface area contributed by atoms with Gasteiger partial charge in [0.15, 0.2) is 0 Å². The molecule has 0 bridgehead atoms. The van der Waals surface area contributed by atoms with Crippen molar-refractivity contribution in [3.05, 3.63) is 29.3 Å². The van der Waals surface area contributed by atoms with Gasteiger partial charge in [-0.15, -0.1) is 0 Å². The Morgan fingerprint density at radius 3 is 2.36 bits per heavy atom. The number of hydrogen-bond donors (Lipinski definition) is 0. The van der Waals surface area contributed by atoms with Gasteiger partial charge >= 0.3 is 0 Å². The molecule has 60 valence electrons. The van der Waals surface area contributed by atoms with Crippen LogP contribution in [0.3, 0.4) is 0 Å². The first kappa shape index (κ1) is 9.10. The number of rotatable bonds is 2. The van der Waals surface area contributed by atoms with Gasteiger partial charge in [-0.05, 0) is 30.5 Å². The zero-order valence-corrected chi connectivity index (χ0v) is 8.30. The summed E-state index contributed by atoms with van der Waals surface area (Å²) in [6.45, 7) is 0. The minimum Gasteiger partial charge on any atom is -0.243 e. The Morgan fingerprint density at radius 2 is 1.91 bits per heavy atom.